The molecule has 0 spiro atoms. The number of rotatable bonds is 6. The van der Waals surface area contributed by atoms with Crippen LogP contribution in [0.2, 0.25) is 0 Å². The monoisotopic (exact) mass is 475 g/mol. The topological polar surface area (TPSA) is 96.2 Å². The Balaban J connectivity index is 1.35. The quantitative estimate of drug-likeness (QED) is 0.587. The fourth-order valence-corrected chi connectivity index (χ4v) is 4.31. The zero-order valence-electron chi connectivity index (χ0n) is 21.1. The summed E-state index contributed by atoms with van der Waals surface area (Å²) in [4.78, 5) is 38.5. The first-order valence-electron chi connectivity index (χ1n) is 11.9. The van der Waals surface area contributed by atoms with Crippen molar-refractivity contribution in [3.05, 3.63) is 69.8 Å². The van der Waals surface area contributed by atoms with Crippen molar-refractivity contribution >= 4 is 11.8 Å². The lowest BCUT2D eigenvalue weighted by atomic mass is 10.1. The molecule has 1 aromatic carbocycles. The molecule has 0 radical (unpaired) electrons. The Bertz CT molecular complexity index is 1200. The average molecular weight is 476 g/mol. The molecule has 1 N–H and O–H groups in total. The molecular formula is C26H33N7O2. The van der Waals surface area contributed by atoms with Gasteiger partial charge >= 0.3 is 0 Å². The Kier molecular flexibility index (Phi) is 7.25. The molecule has 1 aliphatic rings. The maximum atomic E-state index is 12.7. The van der Waals surface area contributed by atoms with Gasteiger partial charge in [0, 0.05) is 60.9 Å². The van der Waals surface area contributed by atoms with Crippen molar-refractivity contribution in [2.75, 3.05) is 33.2 Å². The van der Waals surface area contributed by atoms with E-state index in [2.05, 4.69) is 32.3 Å². The van der Waals surface area contributed by atoms with Crippen molar-refractivity contribution < 1.29 is 9.59 Å². The largest absolute Gasteiger partial charge is 0.352 e. The van der Waals surface area contributed by atoms with Crippen molar-refractivity contribution in [3.8, 4) is 5.95 Å². The predicted octanol–water partition coefficient (Wildman–Crippen LogP) is 2.14. The lowest BCUT2D eigenvalue weighted by Crippen LogP contribution is -2.47. The molecule has 1 aliphatic heterocycles. The number of amides is 2. The molecule has 2 aromatic heterocycles. The standard InChI is InChI=1S/C26H33N7O2/c1-17-14-18(2)29-26(28-17)33-20(4)23(19(3)30-33)15-24(34)27-16-21-6-8-22(9-7-21)25(35)32-12-10-31(5)11-13-32/h6-9,14H,10-13,15-16H2,1-5H3,(H,27,34). The maximum absolute atomic E-state index is 12.7. The average Bonchev–Trinajstić information content (AvgIpc) is 3.11. The summed E-state index contributed by atoms with van der Waals surface area (Å²) in [5, 5.41) is 7.55. The first-order valence-corrected chi connectivity index (χ1v) is 11.9. The smallest absolute Gasteiger partial charge is 0.253 e. The number of benzene rings is 1. The van der Waals surface area contributed by atoms with Crippen LogP contribution in [0.3, 0.4) is 0 Å². The van der Waals surface area contributed by atoms with Crippen LogP contribution < -0.4 is 5.32 Å². The van der Waals surface area contributed by atoms with Gasteiger partial charge in [-0.3, -0.25) is 9.59 Å². The van der Waals surface area contributed by atoms with Gasteiger partial charge in [0.25, 0.3) is 11.9 Å². The summed E-state index contributed by atoms with van der Waals surface area (Å²) in [6.07, 6.45) is 0.225. The second-order valence-corrected chi connectivity index (χ2v) is 9.26. The number of nitrogens with zero attached hydrogens (tertiary/aromatic N) is 6. The number of carbonyl (C=O) groups is 2. The maximum Gasteiger partial charge on any atom is 0.253 e. The van der Waals surface area contributed by atoms with Gasteiger partial charge in [0.1, 0.15) is 0 Å². The summed E-state index contributed by atoms with van der Waals surface area (Å²) in [6.45, 7) is 11.4. The van der Waals surface area contributed by atoms with E-state index in [0.717, 1.165) is 60.1 Å². The van der Waals surface area contributed by atoms with Crippen LogP contribution in [-0.2, 0) is 17.8 Å². The van der Waals surface area contributed by atoms with Gasteiger partial charge in [0.15, 0.2) is 0 Å². The highest BCUT2D eigenvalue weighted by Gasteiger charge is 2.20. The van der Waals surface area contributed by atoms with Crippen LogP contribution >= 0.6 is 0 Å². The number of aromatic nitrogens is 4. The molecule has 184 valence electrons. The van der Waals surface area contributed by atoms with Crippen LogP contribution in [0.25, 0.3) is 5.95 Å². The lowest BCUT2D eigenvalue weighted by Gasteiger charge is -2.32. The predicted molar refractivity (Wildman–Crippen MR) is 133 cm³/mol. The first kappa shape index (κ1) is 24.5. The fourth-order valence-electron chi connectivity index (χ4n) is 4.31. The van der Waals surface area contributed by atoms with Gasteiger partial charge < -0.3 is 15.1 Å². The van der Waals surface area contributed by atoms with E-state index in [1.54, 1.807) is 4.68 Å². The van der Waals surface area contributed by atoms with E-state index in [9.17, 15) is 9.59 Å². The highest BCUT2D eigenvalue weighted by atomic mass is 16.2. The minimum atomic E-state index is -0.0883. The molecule has 3 aromatic rings. The van der Waals surface area contributed by atoms with Gasteiger partial charge in [-0.15, -0.1) is 0 Å². The molecule has 0 bridgehead atoms. The van der Waals surface area contributed by atoms with E-state index in [4.69, 9.17) is 0 Å². The van der Waals surface area contributed by atoms with Crippen LogP contribution in [0.4, 0.5) is 0 Å². The molecule has 1 fully saturated rings. The Hall–Kier alpha value is -3.59. The molecule has 9 nitrogen and oxygen atoms in total. The van der Waals surface area contributed by atoms with Gasteiger partial charge in [-0.05, 0) is 58.5 Å². The molecule has 0 saturated carbocycles. The minimum absolute atomic E-state index is 0.0597. The Morgan fingerprint density at radius 2 is 1.57 bits per heavy atom. The zero-order valence-corrected chi connectivity index (χ0v) is 21.1. The molecule has 3 heterocycles. The van der Waals surface area contributed by atoms with Gasteiger partial charge in [0.05, 0.1) is 12.1 Å². The molecule has 1 saturated heterocycles. The van der Waals surface area contributed by atoms with Crippen LogP contribution in [0.5, 0.6) is 0 Å². The fraction of sp³-hybridized carbons (Fsp3) is 0.423. The van der Waals surface area contributed by atoms with Crippen molar-refractivity contribution in [1.82, 2.24) is 34.9 Å². The first-order chi connectivity index (χ1) is 16.7. The molecule has 4 rings (SSSR count). The second kappa shape index (κ2) is 10.4. The summed E-state index contributed by atoms with van der Waals surface area (Å²) in [5.41, 5.74) is 5.88. The molecule has 0 unspecified atom stereocenters. The number of piperazine rings is 1. The number of nitrogens with one attached hydrogen (secondary N) is 1. The lowest BCUT2D eigenvalue weighted by molar-refractivity contribution is -0.120. The number of aryl methyl sites for hydroxylation is 3. The molecule has 9 heteroatoms. The molecule has 35 heavy (non-hydrogen) atoms. The van der Waals surface area contributed by atoms with E-state index in [0.29, 0.717) is 18.1 Å². The van der Waals surface area contributed by atoms with Gasteiger partial charge in [-0.1, -0.05) is 12.1 Å². The minimum Gasteiger partial charge on any atom is -0.352 e. The number of likely N-dealkylation sites (N-methyl/N-ethyl adjacent to an activating group) is 1. The van der Waals surface area contributed by atoms with E-state index in [-0.39, 0.29) is 18.2 Å². The Morgan fingerprint density at radius 3 is 2.20 bits per heavy atom. The number of carbonyl (C=O) groups excluding carboxylic acids is 2. The van der Waals surface area contributed by atoms with Crippen LogP contribution in [0.15, 0.2) is 30.3 Å². The van der Waals surface area contributed by atoms with E-state index >= 15 is 0 Å². The normalized spacial score (nSPS) is 14.3. The van der Waals surface area contributed by atoms with E-state index < -0.39 is 0 Å². The van der Waals surface area contributed by atoms with Crippen molar-refractivity contribution in [2.24, 2.45) is 0 Å². The highest BCUT2D eigenvalue weighted by Crippen LogP contribution is 2.17. The molecule has 2 amide bonds. The molecule has 0 aliphatic carbocycles. The molecule has 0 atom stereocenters. The van der Waals surface area contributed by atoms with Crippen LogP contribution in [-0.4, -0.2) is 74.6 Å². The Labute approximate surface area is 206 Å². The van der Waals surface area contributed by atoms with Gasteiger partial charge in [0.2, 0.25) is 5.91 Å². The third-order valence-electron chi connectivity index (χ3n) is 6.42. The van der Waals surface area contributed by atoms with E-state index in [1.165, 1.54) is 0 Å². The van der Waals surface area contributed by atoms with Gasteiger partial charge in [-0.25, -0.2) is 14.6 Å². The zero-order chi connectivity index (χ0) is 25.1. The SMILES string of the molecule is Cc1cc(C)nc(-n2nc(C)c(CC(=O)NCc3ccc(C(=O)N4CCN(C)CC4)cc3)c2C)n1. The third-order valence-corrected chi connectivity index (χ3v) is 6.42. The van der Waals surface area contributed by atoms with Crippen molar-refractivity contribution in [2.45, 2.75) is 40.7 Å². The number of hydrogen-bond acceptors (Lipinski definition) is 6. The van der Waals surface area contributed by atoms with Crippen LogP contribution in [0, 0.1) is 27.7 Å². The van der Waals surface area contributed by atoms with Gasteiger partial charge in [-0.2, -0.15) is 5.10 Å². The Morgan fingerprint density at radius 1 is 0.943 bits per heavy atom. The summed E-state index contributed by atoms with van der Waals surface area (Å²) >= 11 is 0. The second-order valence-electron chi connectivity index (χ2n) is 9.26. The summed E-state index contributed by atoms with van der Waals surface area (Å²) < 4.78 is 1.70. The van der Waals surface area contributed by atoms with Crippen molar-refractivity contribution in [3.63, 3.8) is 0 Å². The van der Waals surface area contributed by atoms with Crippen molar-refractivity contribution in [1.29, 1.82) is 0 Å². The van der Waals surface area contributed by atoms with Crippen LogP contribution in [0.1, 0.15) is 44.3 Å². The molecular weight excluding hydrogens is 442 g/mol. The summed E-state index contributed by atoms with van der Waals surface area (Å²) in [5.74, 6) is 0.486. The summed E-state index contributed by atoms with van der Waals surface area (Å²) in [6, 6.07) is 9.39. The van der Waals surface area contributed by atoms with E-state index in [1.807, 2.05) is 62.9 Å². The summed E-state index contributed by atoms with van der Waals surface area (Å²) in [7, 11) is 2.07. The number of hydrogen-bond donors (Lipinski definition) is 1. The third kappa shape index (κ3) is 5.74. The highest BCUT2D eigenvalue weighted by molar-refractivity contribution is 5.94.